The highest BCUT2D eigenvalue weighted by Gasteiger charge is 2.05. The topological polar surface area (TPSA) is 41.1 Å². The molecule has 3 nitrogen and oxygen atoms in total. The van der Waals surface area contributed by atoms with Gasteiger partial charge >= 0.3 is 0 Å². The van der Waals surface area contributed by atoms with Gasteiger partial charge in [-0.1, -0.05) is 19.1 Å². The first-order chi connectivity index (χ1) is 9.29. The van der Waals surface area contributed by atoms with E-state index in [1.165, 1.54) is 4.88 Å². The molecule has 0 bridgehead atoms. The second-order valence-electron chi connectivity index (χ2n) is 4.27. The van der Waals surface area contributed by atoms with Gasteiger partial charge in [0.15, 0.2) is 0 Å². The van der Waals surface area contributed by atoms with Crippen molar-refractivity contribution in [3.8, 4) is 0 Å². The lowest BCUT2D eigenvalue weighted by molar-refractivity contribution is 0.0953. The van der Waals surface area contributed by atoms with Gasteiger partial charge in [0.05, 0.1) is 0 Å². The van der Waals surface area contributed by atoms with Crippen LogP contribution in [0.5, 0.6) is 0 Å². The highest BCUT2D eigenvalue weighted by atomic mass is 32.1. The fourth-order valence-electron chi connectivity index (χ4n) is 1.71. The highest BCUT2D eigenvalue weighted by molar-refractivity contribution is 7.09. The quantitative estimate of drug-likeness (QED) is 0.846. The molecule has 4 heteroatoms. The molecule has 0 aliphatic carbocycles. The summed E-state index contributed by atoms with van der Waals surface area (Å²) in [5, 5.41) is 8.27. The molecule has 0 saturated carbocycles. The van der Waals surface area contributed by atoms with Crippen molar-refractivity contribution in [2.45, 2.75) is 19.9 Å². The van der Waals surface area contributed by atoms with Crippen LogP contribution in [0.3, 0.4) is 0 Å². The standard InChI is InChI=1S/C15H18N2OS/c1-2-8-16-15(18)12-5-3-6-13(10-12)17-11-14-7-4-9-19-14/h3-7,9-10,17H,2,8,11H2,1H3,(H,16,18). The molecule has 1 aromatic carbocycles. The number of carbonyl (C=O) groups is 1. The lowest BCUT2D eigenvalue weighted by Gasteiger charge is -2.08. The Morgan fingerprint density at radius 1 is 1.26 bits per heavy atom. The first-order valence-electron chi connectivity index (χ1n) is 6.44. The molecular weight excluding hydrogens is 256 g/mol. The van der Waals surface area contributed by atoms with Crippen molar-refractivity contribution in [2.75, 3.05) is 11.9 Å². The van der Waals surface area contributed by atoms with Gasteiger partial charge in [0.1, 0.15) is 0 Å². The van der Waals surface area contributed by atoms with Gasteiger partial charge < -0.3 is 10.6 Å². The summed E-state index contributed by atoms with van der Waals surface area (Å²) >= 11 is 1.72. The first kappa shape index (κ1) is 13.6. The minimum Gasteiger partial charge on any atom is -0.380 e. The van der Waals surface area contributed by atoms with Crippen molar-refractivity contribution in [3.05, 3.63) is 52.2 Å². The largest absolute Gasteiger partial charge is 0.380 e. The van der Waals surface area contributed by atoms with Crippen LogP contribution in [0.15, 0.2) is 41.8 Å². The Labute approximate surface area is 117 Å². The monoisotopic (exact) mass is 274 g/mol. The smallest absolute Gasteiger partial charge is 0.251 e. The van der Waals surface area contributed by atoms with E-state index in [-0.39, 0.29) is 5.91 Å². The summed E-state index contributed by atoms with van der Waals surface area (Å²) in [4.78, 5) is 13.1. The Morgan fingerprint density at radius 2 is 2.16 bits per heavy atom. The summed E-state index contributed by atoms with van der Waals surface area (Å²) in [5.74, 6) is -0.0124. The van der Waals surface area contributed by atoms with Gasteiger partial charge in [-0.2, -0.15) is 0 Å². The van der Waals surface area contributed by atoms with Crippen LogP contribution in [-0.2, 0) is 6.54 Å². The van der Waals surface area contributed by atoms with Crippen molar-refractivity contribution < 1.29 is 4.79 Å². The number of nitrogens with one attached hydrogen (secondary N) is 2. The summed E-state index contributed by atoms with van der Waals surface area (Å²) in [6.07, 6.45) is 0.946. The average Bonchev–Trinajstić information content (AvgIpc) is 2.96. The van der Waals surface area contributed by atoms with Gasteiger partial charge in [-0.05, 0) is 36.1 Å². The van der Waals surface area contributed by atoms with Gasteiger partial charge in [0.25, 0.3) is 5.91 Å². The van der Waals surface area contributed by atoms with E-state index >= 15 is 0 Å². The maximum Gasteiger partial charge on any atom is 0.251 e. The third-order valence-electron chi connectivity index (χ3n) is 2.71. The Bertz CT molecular complexity index is 523. The predicted octanol–water partition coefficient (Wildman–Crippen LogP) is 3.50. The van der Waals surface area contributed by atoms with E-state index in [2.05, 4.69) is 22.1 Å². The van der Waals surface area contributed by atoms with Crippen LogP contribution in [-0.4, -0.2) is 12.5 Å². The molecule has 100 valence electrons. The fourth-order valence-corrected chi connectivity index (χ4v) is 2.36. The van der Waals surface area contributed by atoms with Crippen LogP contribution in [0.1, 0.15) is 28.6 Å². The molecular formula is C15H18N2OS. The van der Waals surface area contributed by atoms with E-state index in [1.54, 1.807) is 11.3 Å². The minimum absolute atomic E-state index is 0.0124. The van der Waals surface area contributed by atoms with E-state index in [4.69, 9.17) is 0 Å². The zero-order valence-corrected chi connectivity index (χ0v) is 11.8. The molecule has 0 unspecified atom stereocenters. The first-order valence-corrected chi connectivity index (χ1v) is 7.32. The van der Waals surface area contributed by atoms with Gasteiger partial charge in [0.2, 0.25) is 0 Å². The van der Waals surface area contributed by atoms with Crippen molar-refractivity contribution in [1.29, 1.82) is 0 Å². The van der Waals surface area contributed by atoms with Crippen LogP contribution in [0.4, 0.5) is 5.69 Å². The van der Waals surface area contributed by atoms with E-state index in [9.17, 15) is 4.79 Å². The molecule has 0 spiro atoms. The molecule has 1 heterocycles. The van der Waals surface area contributed by atoms with Gasteiger partial charge in [-0.15, -0.1) is 11.3 Å². The summed E-state index contributed by atoms with van der Waals surface area (Å²) in [6, 6.07) is 11.7. The minimum atomic E-state index is -0.0124. The number of thiophene rings is 1. The Hall–Kier alpha value is -1.81. The van der Waals surface area contributed by atoms with E-state index in [0.717, 1.165) is 18.7 Å². The fraction of sp³-hybridized carbons (Fsp3) is 0.267. The molecule has 0 fully saturated rings. The molecule has 2 N–H and O–H groups in total. The van der Waals surface area contributed by atoms with Crippen LogP contribution >= 0.6 is 11.3 Å². The SMILES string of the molecule is CCCNC(=O)c1cccc(NCc2cccs2)c1. The molecule has 0 radical (unpaired) electrons. The average molecular weight is 274 g/mol. The van der Waals surface area contributed by atoms with Crippen molar-refractivity contribution >= 4 is 22.9 Å². The molecule has 0 aliphatic heterocycles. The number of hydrogen-bond acceptors (Lipinski definition) is 3. The number of hydrogen-bond donors (Lipinski definition) is 2. The number of anilines is 1. The third-order valence-corrected chi connectivity index (χ3v) is 3.58. The molecule has 19 heavy (non-hydrogen) atoms. The number of amides is 1. The lowest BCUT2D eigenvalue weighted by atomic mass is 10.2. The normalized spacial score (nSPS) is 10.2. The lowest BCUT2D eigenvalue weighted by Crippen LogP contribution is -2.23. The second kappa shape index (κ2) is 6.95. The predicted molar refractivity (Wildman–Crippen MR) is 80.7 cm³/mol. The molecule has 2 rings (SSSR count). The molecule has 0 atom stereocenters. The van der Waals surface area contributed by atoms with Crippen molar-refractivity contribution in [3.63, 3.8) is 0 Å². The molecule has 0 saturated heterocycles. The Morgan fingerprint density at radius 3 is 2.89 bits per heavy atom. The number of benzene rings is 1. The molecule has 2 aromatic rings. The Balaban J connectivity index is 1.96. The maximum atomic E-state index is 11.9. The van der Waals surface area contributed by atoms with E-state index in [0.29, 0.717) is 12.1 Å². The number of rotatable bonds is 6. The van der Waals surface area contributed by atoms with Crippen LogP contribution in [0.2, 0.25) is 0 Å². The molecule has 1 amide bonds. The second-order valence-corrected chi connectivity index (χ2v) is 5.30. The summed E-state index contributed by atoms with van der Waals surface area (Å²) < 4.78 is 0. The zero-order valence-electron chi connectivity index (χ0n) is 11.0. The zero-order chi connectivity index (χ0) is 13.5. The molecule has 1 aromatic heterocycles. The highest BCUT2D eigenvalue weighted by Crippen LogP contribution is 2.14. The molecule has 0 aliphatic rings. The van der Waals surface area contributed by atoms with Crippen molar-refractivity contribution in [1.82, 2.24) is 5.32 Å². The van der Waals surface area contributed by atoms with Crippen LogP contribution < -0.4 is 10.6 Å². The Kier molecular flexibility index (Phi) is 4.98. The summed E-state index contributed by atoms with van der Waals surface area (Å²) in [6.45, 7) is 3.54. The summed E-state index contributed by atoms with van der Waals surface area (Å²) in [5.41, 5.74) is 1.67. The van der Waals surface area contributed by atoms with E-state index in [1.807, 2.05) is 37.3 Å². The van der Waals surface area contributed by atoms with Crippen LogP contribution in [0, 0.1) is 0 Å². The van der Waals surface area contributed by atoms with Gasteiger partial charge in [-0.3, -0.25) is 4.79 Å². The van der Waals surface area contributed by atoms with Gasteiger partial charge in [0, 0.05) is 29.2 Å². The maximum absolute atomic E-state index is 11.9. The van der Waals surface area contributed by atoms with Crippen molar-refractivity contribution in [2.24, 2.45) is 0 Å². The van der Waals surface area contributed by atoms with E-state index < -0.39 is 0 Å². The van der Waals surface area contributed by atoms with Gasteiger partial charge in [-0.25, -0.2) is 0 Å². The van der Waals surface area contributed by atoms with Crippen LogP contribution in [0.25, 0.3) is 0 Å². The summed E-state index contributed by atoms with van der Waals surface area (Å²) in [7, 11) is 0. The number of carbonyl (C=O) groups excluding carboxylic acids is 1. The third kappa shape index (κ3) is 4.10.